The van der Waals surface area contributed by atoms with Crippen LogP contribution in [-0.2, 0) is 29.5 Å². The Morgan fingerprint density at radius 3 is 2.79 bits per heavy atom. The van der Waals surface area contributed by atoms with E-state index in [1.165, 1.54) is 11.3 Å². The van der Waals surface area contributed by atoms with Crippen molar-refractivity contribution in [1.29, 1.82) is 0 Å². The van der Waals surface area contributed by atoms with Gasteiger partial charge in [0.15, 0.2) is 0 Å². The second-order valence-corrected chi connectivity index (χ2v) is 9.06. The zero-order chi connectivity index (χ0) is 22.8. The number of carbonyl (C=O) groups excluding carboxylic acids is 2. The Kier molecular flexibility index (Phi) is 6.03. The lowest BCUT2D eigenvalue weighted by Gasteiger charge is -2.22. The molecule has 3 heterocycles. The van der Waals surface area contributed by atoms with Crippen LogP contribution in [0.2, 0.25) is 0 Å². The average molecular weight is 446 g/mol. The number of hydrogen-bond donors (Lipinski definition) is 1. The summed E-state index contributed by atoms with van der Waals surface area (Å²) >= 11 is 0. The summed E-state index contributed by atoms with van der Waals surface area (Å²) in [6.45, 7) is 3.45. The molecule has 172 valence electrons. The number of hydrogen-bond acceptors (Lipinski definition) is 4. The molecule has 2 amide bonds. The van der Waals surface area contributed by atoms with Gasteiger partial charge in [-0.3, -0.25) is 9.59 Å². The van der Waals surface area contributed by atoms with Gasteiger partial charge in [0.1, 0.15) is 5.82 Å². The SMILES string of the molecule is Cn1c(CCNC(=O)C2CCN(C(=O)CCN3CCc4ccccc43)C2)nc2ccccc21. The molecule has 1 aromatic heterocycles. The molecule has 7 heteroatoms. The second-order valence-electron chi connectivity index (χ2n) is 9.06. The molecule has 3 aromatic rings. The minimum absolute atomic E-state index is 0.0394. The molecule has 2 aliphatic heterocycles. The van der Waals surface area contributed by atoms with Gasteiger partial charge in [0.25, 0.3) is 0 Å². The number of anilines is 1. The molecule has 5 rings (SSSR count). The molecule has 1 N–H and O–H groups in total. The van der Waals surface area contributed by atoms with Crippen molar-refractivity contribution in [2.24, 2.45) is 13.0 Å². The number of amides is 2. The number of aromatic nitrogens is 2. The summed E-state index contributed by atoms with van der Waals surface area (Å²) in [5.74, 6) is 1.03. The summed E-state index contributed by atoms with van der Waals surface area (Å²) in [5.41, 5.74) is 4.69. The molecule has 33 heavy (non-hydrogen) atoms. The van der Waals surface area contributed by atoms with Gasteiger partial charge in [0, 0.05) is 58.3 Å². The average Bonchev–Trinajstić information content (AvgIpc) is 3.56. The highest BCUT2D eigenvalue weighted by Crippen LogP contribution is 2.27. The second kappa shape index (κ2) is 9.25. The van der Waals surface area contributed by atoms with Crippen LogP contribution in [0.25, 0.3) is 11.0 Å². The topological polar surface area (TPSA) is 70.5 Å². The molecular weight excluding hydrogens is 414 g/mol. The molecule has 7 nitrogen and oxygen atoms in total. The zero-order valence-electron chi connectivity index (χ0n) is 19.2. The Labute approximate surface area is 194 Å². The quantitative estimate of drug-likeness (QED) is 0.607. The molecule has 0 bridgehead atoms. The Morgan fingerprint density at radius 2 is 1.91 bits per heavy atom. The van der Waals surface area contributed by atoms with Gasteiger partial charge in [0.2, 0.25) is 11.8 Å². The molecule has 1 fully saturated rings. The molecule has 1 saturated heterocycles. The first-order valence-electron chi connectivity index (χ1n) is 11.9. The van der Waals surface area contributed by atoms with Crippen molar-refractivity contribution in [1.82, 2.24) is 19.8 Å². The largest absolute Gasteiger partial charge is 0.370 e. The normalized spacial score (nSPS) is 17.5. The first-order valence-corrected chi connectivity index (χ1v) is 11.9. The number of rotatable bonds is 7. The fourth-order valence-electron chi connectivity index (χ4n) is 5.09. The van der Waals surface area contributed by atoms with Crippen molar-refractivity contribution >= 4 is 28.5 Å². The first kappa shape index (κ1) is 21.5. The smallest absolute Gasteiger partial charge is 0.224 e. The molecule has 0 radical (unpaired) electrons. The minimum atomic E-state index is -0.123. The minimum Gasteiger partial charge on any atom is -0.370 e. The summed E-state index contributed by atoms with van der Waals surface area (Å²) < 4.78 is 2.08. The van der Waals surface area contributed by atoms with Gasteiger partial charge in [-0.25, -0.2) is 4.98 Å². The van der Waals surface area contributed by atoms with E-state index in [1.54, 1.807) is 0 Å². The number of aryl methyl sites for hydroxylation is 1. The number of benzene rings is 2. The van der Waals surface area contributed by atoms with Crippen LogP contribution in [-0.4, -0.2) is 59.0 Å². The molecule has 2 aliphatic rings. The number of likely N-dealkylation sites (tertiary alicyclic amines) is 1. The number of carbonyl (C=O) groups is 2. The van der Waals surface area contributed by atoms with E-state index in [0.29, 0.717) is 32.5 Å². The van der Waals surface area contributed by atoms with E-state index in [-0.39, 0.29) is 17.7 Å². The van der Waals surface area contributed by atoms with E-state index in [1.807, 2.05) is 30.1 Å². The third kappa shape index (κ3) is 4.45. The fourth-order valence-corrected chi connectivity index (χ4v) is 5.09. The number of fused-ring (bicyclic) bond motifs is 2. The van der Waals surface area contributed by atoms with E-state index in [2.05, 4.69) is 50.1 Å². The Balaban J connectivity index is 1.07. The molecule has 1 atom stereocenters. The van der Waals surface area contributed by atoms with E-state index in [4.69, 9.17) is 0 Å². The maximum atomic E-state index is 12.8. The lowest BCUT2D eigenvalue weighted by Crippen LogP contribution is -2.36. The lowest BCUT2D eigenvalue weighted by molar-refractivity contribution is -0.130. The van der Waals surface area contributed by atoms with Crippen LogP contribution in [0.5, 0.6) is 0 Å². The summed E-state index contributed by atoms with van der Waals surface area (Å²) in [4.78, 5) is 34.3. The van der Waals surface area contributed by atoms with Crippen LogP contribution < -0.4 is 10.2 Å². The zero-order valence-corrected chi connectivity index (χ0v) is 19.2. The van der Waals surface area contributed by atoms with Crippen molar-refractivity contribution in [3.05, 3.63) is 59.9 Å². The number of para-hydroxylation sites is 3. The van der Waals surface area contributed by atoms with E-state index < -0.39 is 0 Å². The molecular formula is C26H31N5O2. The van der Waals surface area contributed by atoms with Crippen molar-refractivity contribution < 1.29 is 9.59 Å². The fraction of sp³-hybridized carbons (Fsp3) is 0.423. The highest BCUT2D eigenvalue weighted by Gasteiger charge is 2.31. The van der Waals surface area contributed by atoms with Gasteiger partial charge in [0.05, 0.1) is 17.0 Å². The maximum absolute atomic E-state index is 12.8. The van der Waals surface area contributed by atoms with Gasteiger partial charge in [-0.05, 0) is 36.6 Å². The number of imidazole rings is 1. The van der Waals surface area contributed by atoms with E-state index in [0.717, 1.165) is 42.8 Å². The van der Waals surface area contributed by atoms with Crippen molar-refractivity contribution in [3.8, 4) is 0 Å². The van der Waals surface area contributed by atoms with Gasteiger partial charge < -0.3 is 19.7 Å². The third-order valence-electron chi connectivity index (χ3n) is 7.02. The van der Waals surface area contributed by atoms with Crippen molar-refractivity contribution in [3.63, 3.8) is 0 Å². The third-order valence-corrected chi connectivity index (χ3v) is 7.02. The predicted molar refractivity (Wildman–Crippen MR) is 129 cm³/mol. The standard InChI is InChI=1S/C26H31N5O2/c1-29-23-9-5-3-7-21(23)28-24(29)10-14-27-26(33)20-12-16-31(18-20)25(32)13-17-30-15-11-19-6-2-4-8-22(19)30/h2-9,20H,10-18H2,1H3,(H,27,33). The van der Waals surface area contributed by atoms with E-state index >= 15 is 0 Å². The van der Waals surface area contributed by atoms with E-state index in [9.17, 15) is 9.59 Å². The van der Waals surface area contributed by atoms with Crippen LogP contribution in [0.4, 0.5) is 5.69 Å². The predicted octanol–water partition coefficient (Wildman–Crippen LogP) is 2.53. The van der Waals surface area contributed by atoms with Gasteiger partial charge >= 0.3 is 0 Å². The Hall–Kier alpha value is -3.35. The van der Waals surface area contributed by atoms with Crippen molar-refractivity contribution in [2.45, 2.75) is 25.7 Å². The van der Waals surface area contributed by atoms with Crippen LogP contribution in [0.15, 0.2) is 48.5 Å². The summed E-state index contributed by atoms with van der Waals surface area (Å²) in [6, 6.07) is 16.5. The molecule has 0 spiro atoms. The summed E-state index contributed by atoms with van der Waals surface area (Å²) in [6.07, 6.45) is 2.96. The van der Waals surface area contributed by atoms with Gasteiger partial charge in [-0.15, -0.1) is 0 Å². The number of nitrogens with one attached hydrogen (secondary N) is 1. The van der Waals surface area contributed by atoms with Crippen LogP contribution in [0.3, 0.4) is 0 Å². The molecule has 0 saturated carbocycles. The monoisotopic (exact) mass is 445 g/mol. The maximum Gasteiger partial charge on any atom is 0.224 e. The number of nitrogens with zero attached hydrogens (tertiary/aromatic N) is 4. The van der Waals surface area contributed by atoms with Gasteiger partial charge in [-0.2, -0.15) is 0 Å². The van der Waals surface area contributed by atoms with Crippen LogP contribution in [0, 0.1) is 5.92 Å². The van der Waals surface area contributed by atoms with Crippen LogP contribution in [0.1, 0.15) is 24.2 Å². The van der Waals surface area contributed by atoms with Gasteiger partial charge in [-0.1, -0.05) is 30.3 Å². The highest BCUT2D eigenvalue weighted by atomic mass is 16.2. The highest BCUT2D eigenvalue weighted by molar-refractivity contribution is 5.82. The Morgan fingerprint density at radius 1 is 1.09 bits per heavy atom. The molecule has 2 aromatic carbocycles. The molecule has 1 unspecified atom stereocenters. The molecule has 0 aliphatic carbocycles. The van der Waals surface area contributed by atoms with Crippen molar-refractivity contribution in [2.75, 3.05) is 37.6 Å². The Bertz CT molecular complexity index is 1170. The summed E-state index contributed by atoms with van der Waals surface area (Å²) in [7, 11) is 2.01. The summed E-state index contributed by atoms with van der Waals surface area (Å²) in [5, 5.41) is 3.05. The first-order chi connectivity index (χ1) is 16.1. The van der Waals surface area contributed by atoms with Crippen LogP contribution >= 0.6 is 0 Å². The lowest BCUT2D eigenvalue weighted by atomic mass is 10.1.